The summed E-state index contributed by atoms with van der Waals surface area (Å²) >= 11 is 0. The van der Waals surface area contributed by atoms with Crippen molar-refractivity contribution in [3.05, 3.63) is 35.9 Å². The number of hydrogen-bond donors (Lipinski definition) is 1. The lowest BCUT2D eigenvalue weighted by Crippen LogP contribution is -1.94. The summed E-state index contributed by atoms with van der Waals surface area (Å²) in [4.78, 5) is 20.2. The molecule has 4 nitrogen and oxygen atoms in total. The molecule has 1 aromatic carbocycles. The van der Waals surface area contributed by atoms with Crippen LogP contribution in [0.5, 0.6) is 0 Å². The number of methoxy groups -OCH3 is 1. The molecule has 0 saturated heterocycles. The van der Waals surface area contributed by atoms with Crippen molar-refractivity contribution < 1.29 is 19.4 Å². The van der Waals surface area contributed by atoms with Crippen LogP contribution in [0.15, 0.2) is 30.3 Å². The van der Waals surface area contributed by atoms with Gasteiger partial charge in [-0.25, -0.2) is 4.79 Å². The maximum absolute atomic E-state index is 11.0. The Morgan fingerprint density at radius 3 is 2.07 bits per heavy atom. The van der Waals surface area contributed by atoms with Crippen LogP contribution >= 0.6 is 0 Å². The second-order valence-electron chi connectivity index (χ2n) is 2.61. The predicted molar refractivity (Wildman–Crippen MR) is 56.1 cm³/mol. The van der Waals surface area contributed by atoms with Crippen LogP contribution in [0.1, 0.15) is 23.7 Å². The highest BCUT2D eigenvalue weighted by Gasteiger charge is 1.98. The molecule has 1 rings (SSSR count). The highest BCUT2D eigenvalue weighted by Crippen LogP contribution is 2.01. The third kappa shape index (κ3) is 6.26. The van der Waals surface area contributed by atoms with Gasteiger partial charge in [-0.2, -0.15) is 0 Å². The van der Waals surface area contributed by atoms with Gasteiger partial charge in [0.1, 0.15) is 0 Å². The molecule has 82 valence electrons. The second kappa shape index (κ2) is 7.55. The van der Waals surface area contributed by atoms with Crippen molar-refractivity contribution in [2.75, 3.05) is 7.11 Å². The third-order valence-electron chi connectivity index (χ3n) is 1.59. The Morgan fingerprint density at radius 1 is 1.27 bits per heavy atom. The van der Waals surface area contributed by atoms with Gasteiger partial charge < -0.3 is 9.84 Å². The molecule has 0 saturated carbocycles. The lowest BCUT2D eigenvalue weighted by Gasteiger charge is -1.93. The molecule has 0 aliphatic rings. The average molecular weight is 210 g/mol. The molecule has 4 heteroatoms. The first-order valence-corrected chi connectivity index (χ1v) is 4.47. The third-order valence-corrected chi connectivity index (χ3v) is 1.59. The van der Waals surface area contributed by atoms with Crippen molar-refractivity contribution in [1.82, 2.24) is 0 Å². The number of hydrogen-bond acceptors (Lipinski definition) is 3. The molecule has 0 aliphatic carbocycles. The molecule has 0 heterocycles. The summed E-state index contributed by atoms with van der Waals surface area (Å²) in [6.07, 6.45) is -0.658. The summed E-state index contributed by atoms with van der Waals surface area (Å²) in [6.45, 7) is 1.87. The van der Waals surface area contributed by atoms with Crippen LogP contribution in [-0.2, 0) is 4.74 Å². The second-order valence-corrected chi connectivity index (χ2v) is 2.61. The highest BCUT2D eigenvalue weighted by molar-refractivity contribution is 5.95. The SMILES string of the molecule is CCC(=O)c1ccccc1.COC(=O)O. The summed E-state index contributed by atoms with van der Waals surface area (Å²) in [5, 5.41) is 7.50. The molecule has 1 N–H and O–H groups in total. The fourth-order valence-corrected chi connectivity index (χ4v) is 0.828. The van der Waals surface area contributed by atoms with Crippen molar-refractivity contribution in [3.8, 4) is 0 Å². The minimum atomic E-state index is -1.25. The van der Waals surface area contributed by atoms with Crippen LogP contribution in [0.2, 0.25) is 0 Å². The van der Waals surface area contributed by atoms with E-state index in [2.05, 4.69) is 4.74 Å². The molecule has 15 heavy (non-hydrogen) atoms. The molecule has 0 unspecified atom stereocenters. The lowest BCUT2D eigenvalue weighted by molar-refractivity contribution is 0.0987. The fourth-order valence-electron chi connectivity index (χ4n) is 0.828. The molecule has 0 spiro atoms. The number of carboxylic acid groups (broad SMARTS) is 1. The van der Waals surface area contributed by atoms with Crippen molar-refractivity contribution in [1.29, 1.82) is 0 Å². The fraction of sp³-hybridized carbons (Fsp3) is 0.273. The maximum atomic E-state index is 11.0. The zero-order valence-electron chi connectivity index (χ0n) is 8.77. The number of carbonyl (C=O) groups is 2. The molecule has 0 amide bonds. The quantitative estimate of drug-likeness (QED) is 0.602. The van der Waals surface area contributed by atoms with Gasteiger partial charge in [-0.15, -0.1) is 0 Å². The Morgan fingerprint density at radius 2 is 1.73 bits per heavy atom. The van der Waals surface area contributed by atoms with E-state index in [1.54, 1.807) is 0 Å². The lowest BCUT2D eigenvalue weighted by atomic mass is 10.1. The van der Waals surface area contributed by atoms with Gasteiger partial charge in [-0.1, -0.05) is 37.3 Å². The Labute approximate surface area is 88.5 Å². The molecular weight excluding hydrogens is 196 g/mol. The van der Waals surface area contributed by atoms with Gasteiger partial charge in [0.2, 0.25) is 0 Å². The standard InChI is InChI=1S/C9H10O.C2H4O3/c1-2-9(10)8-6-4-3-5-7-8;1-5-2(3)4/h3-7H,2H2,1H3;1H3,(H,3,4). The largest absolute Gasteiger partial charge is 0.505 e. The Kier molecular flexibility index (Phi) is 6.63. The van der Waals surface area contributed by atoms with E-state index in [1.807, 2.05) is 37.3 Å². The van der Waals surface area contributed by atoms with E-state index >= 15 is 0 Å². The minimum Gasteiger partial charge on any atom is -0.450 e. The van der Waals surface area contributed by atoms with Gasteiger partial charge in [0.25, 0.3) is 0 Å². The molecule has 0 fully saturated rings. The van der Waals surface area contributed by atoms with Crippen LogP contribution in [0.4, 0.5) is 4.79 Å². The zero-order chi connectivity index (χ0) is 11.7. The zero-order valence-corrected chi connectivity index (χ0v) is 8.77. The van der Waals surface area contributed by atoms with Crippen LogP contribution in [0.3, 0.4) is 0 Å². The van der Waals surface area contributed by atoms with E-state index < -0.39 is 6.16 Å². The van der Waals surface area contributed by atoms with Gasteiger partial charge in [0.05, 0.1) is 7.11 Å². The van der Waals surface area contributed by atoms with Crippen molar-refractivity contribution in [2.45, 2.75) is 13.3 Å². The first-order chi connectivity index (χ1) is 7.11. The van der Waals surface area contributed by atoms with E-state index in [0.29, 0.717) is 6.42 Å². The number of ether oxygens (including phenoxy) is 1. The molecular formula is C11H14O4. The number of Topliss-reactive ketones (excluding diaryl/α,β-unsaturated/α-hetero) is 1. The summed E-state index contributed by atoms with van der Waals surface area (Å²) in [5.74, 6) is 0.209. The van der Waals surface area contributed by atoms with E-state index in [9.17, 15) is 4.79 Å². The van der Waals surface area contributed by atoms with E-state index in [4.69, 9.17) is 9.90 Å². The van der Waals surface area contributed by atoms with Crippen molar-refractivity contribution in [2.24, 2.45) is 0 Å². The molecule has 0 aliphatic heterocycles. The first-order valence-electron chi connectivity index (χ1n) is 4.47. The number of benzene rings is 1. The van der Waals surface area contributed by atoms with E-state index in [0.717, 1.165) is 12.7 Å². The van der Waals surface area contributed by atoms with Crippen LogP contribution < -0.4 is 0 Å². The Balaban J connectivity index is 0.000000336. The Bertz CT molecular complexity index is 306. The molecule has 0 bridgehead atoms. The number of rotatable bonds is 2. The monoisotopic (exact) mass is 210 g/mol. The summed E-state index contributed by atoms with van der Waals surface area (Å²) < 4.78 is 3.67. The van der Waals surface area contributed by atoms with Crippen molar-refractivity contribution in [3.63, 3.8) is 0 Å². The first kappa shape index (κ1) is 13.2. The summed E-state index contributed by atoms with van der Waals surface area (Å²) in [5.41, 5.74) is 0.810. The summed E-state index contributed by atoms with van der Waals surface area (Å²) in [7, 11) is 1.10. The molecule has 0 atom stereocenters. The van der Waals surface area contributed by atoms with Gasteiger partial charge in [0, 0.05) is 12.0 Å². The van der Waals surface area contributed by atoms with Gasteiger partial charge in [-0.3, -0.25) is 4.79 Å². The average Bonchev–Trinajstić information content (AvgIpc) is 2.30. The predicted octanol–water partition coefficient (Wildman–Crippen LogP) is 2.59. The van der Waals surface area contributed by atoms with E-state index in [1.165, 1.54) is 0 Å². The Hall–Kier alpha value is -1.84. The molecule has 0 radical (unpaired) electrons. The molecule has 1 aromatic rings. The van der Waals surface area contributed by atoms with Crippen LogP contribution in [0.25, 0.3) is 0 Å². The van der Waals surface area contributed by atoms with Gasteiger partial charge in [-0.05, 0) is 0 Å². The molecule has 0 aromatic heterocycles. The van der Waals surface area contributed by atoms with Crippen molar-refractivity contribution >= 4 is 11.9 Å². The highest BCUT2D eigenvalue weighted by atomic mass is 16.6. The van der Waals surface area contributed by atoms with Crippen LogP contribution in [-0.4, -0.2) is 24.2 Å². The smallest absolute Gasteiger partial charge is 0.450 e. The maximum Gasteiger partial charge on any atom is 0.505 e. The number of carbonyl (C=O) groups excluding carboxylic acids is 1. The minimum absolute atomic E-state index is 0.209. The normalized spacial score (nSPS) is 8.40. The van der Waals surface area contributed by atoms with Gasteiger partial charge in [0.15, 0.2) is 5.78 Å². The topological polar surface area (TPSA) is 63.6 Å². The van der Waals surface area contributed by atoms with E-state index in [-0.39, 0.29) is 5.78 Å². The number of ketones is 1. The summed E-state index contributed by atoms with van der Waals surface area (Å²) in [6, 6.07) is 9.34. The van der Waals surface area contributed by atoms with Crippen LogP contribution in [0, 0.1) is 0 Å². The van der Waals surface area contributed by atoms with Gasteiger partial charge >= 0.3 is 6.16 Å².